The Hall–Kier alpha value is -1.91. The summed E-state index contributed by atoms with van der Waals surface area (Å²) >= 11 is 0. The molecule has 128 valence electrons. The minimum Gasteiger partial charge on any atom is -0.492 e. The number of ether oxygens (including phenoxy) is 1. The maximum absolute atomic E-state index is 14.5. The van der Waals surface area contributed by atoms with Crippen molar-refractivity contribution in [2.75, 3.05) is 39.3 Å². The second kappa shape index (κ2) is 8.81. The second-order valence-electron chi connectivity index (χ2n) is 6.16. The normalized spacial score (nSPS) is 17.5. The van der Waals surface area contributed by atoms with Crippen LogP contribution in [0, 0.1) is 0 Å². The molecular formula is C20H25FN2O. The first kappa shape index (κ1) is 16.9. The first-order valence-electron chi connectivity index (χ1n) is 8.63. The van der Waals surface area contributed by atoms with E-state index in [1.807, 2.05) is 65.6 Å². The van der Waals surface area contributed by atoms with E-state index >= 15 is 0 Å². The third kappa shape index (κ3) is 5.05. The molecule has 1 saturated heterocycles. The molecule has 0 aromatic heterocycles. The van der Waals surface area contributed by atoms with E-state index in [1.54, 1.807) is 0 Å². The Morgan fingerprint density at radius 2 is 1.50 bits per heavy atom. The van der Waals surface area contributed by atoms with E-state index in [0.717, 1.165) is 44.0 Å². The summed E-state index contributed by atoms with van der Waals surface area (Å²) < 4.78 is 20.2. The van der Waals surface area contributed by atoms with Gasteiger partial charge in [-0.3, -0.25) is 9.80 Å². The van der Waals surface area contributed by atoms with Crippen molar-refractivity contribution < 1.29 is 9.13 Å². The summed E-state index contributed by atoms with van der Waals surface area (Å²) in [6.45, 7) is 4.91. The van der Waals surface area contributed by atoms with Gasteiger partial charge in [-0.25, -0.2) is 4.39 Å². The number of hydrogen-bond acceptors (Lipinski definition) is 3. The van der Waals surface area contributed by atoms with Gasteiger partial charge in [0.25, 0.3) is 0 Å². The van der Waals surface area contributed by atoms with Gasteiger partial charge in [0.2, 0.25) is 0 Å². The molecule has 1 fully saturated rings. The fourth-order valence-electron chi connectivity index (χ4n) is 3.01. The molecule has 0 aliphatic carbocycles. The highest BCUT2D eigenvalue weighted by Crippen LogP contribution is 2.13. The van der Waals surface area contributed by atoms with Crippen LogP contribution in [0.3, 0.4) is 0 Å². The van der Waals surface area contributed by atoms with Crippen LogP contribution in [0.5, 0.6) is 5.75 Å². The Balaban J connectivity index is 1.36. The van der Waals surface area contributed by atoms with Gasteiger partial charge in [-0.05, 0) is 17.7 Å². The smallest absolute Gasteiger partial charge is 0.157 e. The van der Waals surface area contributed by atoms with Crippen LogP contribution in [0.4, 0.5) is 4.39 Å². The van der Waals surface area contributed by atoms with Crippen LogP contribution >= 0.6 is 0 Å². The molecule has 3 rings (SSSR count). The molecule has 2 aromatic rings. The highest BCUT2D eigenvalue weighted by Gasteiger charge is 2.23. The van der Waals surface area contributed by atoms with E-state index in [9.17, 15) is 4.39 Å². The molecule has 1 heterocycles. The Labute approximate surface area is 143 Å². The standard InChI is InChI=1S/C20H25FN2O/c21-20(17-18-7-3-1-4-8-18)23-13-11-22(12-14-23)15-16-24-19-9-5-2-6-10-19/h1-10,20H,11-17H2. The predicted octanol–water partition coefficient (Wildman–Crippen LogP) is 3.22. The lowest BCUT2D eigenvalue weighted by atomic mass is 10.1. The lowest BCUT2D eigenvalue weighted by Gasteiger charge is -2.36. The van der Waals surface area contributed by atoms with Crippen molar-refractivity contribution in [3.05, 3.63) is 66.2 Å². The van der Waals surface area contributed by atoms with Gasteiger partial charge in [-0.1, -0.05) is 48.5 Å². The number of para-hydroxylation sites is 1. The molecule has 0 N–H and O–H groups in total. The fraction of sp³-hybridized carbons (Fsp3) is 0.400. The van der Waals surface area contributed by atoms with Gasteiger partial charge >= 0.3 is 0 Å². The zero-order valence-electron chi connectivity index (χ0n) is 14.0. The molecule has 0 saturated carbocycles. The van der Waals surface area contributed by atoms with Gasteiger partial charge in [0.05, 0.1) is 0 Å². The van der Waals surface area contributed by atoms with Crippen LogP contribution < -0.4 is 4.74 Å². The monoisotopic (exact) mass is 328 g/mol. The maximum Gasteiger partial charge on any atom is 0.157 e. The van der Waals surface area contributed by atoms with Gasteiger partial charge in [0, 0.05) is 39.1 Å². The number of rotatable bonds is 7. The number of benzene rings is 2. The average molecular weight is 328 g/mol. The van der Waals surface area contributed by atoms with Crippen LogP contribution in [-0.2, 0) is 6.42 Å². The average Bonchev–Trinajstić information content (AvgIpc) is 2.64. The summed E-state index contributed by atoms with van der Waals surface area (Å²) in [7, 11) is 0. The molecule has 1 aliphatic heterocycles. The highest BCUT2D eigenvalue weighted by molar-refractivity contribution is 5.20. The third-order valence-electron chi connectivity index (χ3n) is 4.47. The molecule has 1 atom stereocenters. The minimum atomic E-state index is -0.893. The Bertz CT molecular complexity index is 585. The summed E-state index contributed by atoms with van der Waals surface area (Å²) in [5.74, 6) is 0.905. The summed E-state index contributed by atoms with van der Waals surface area (Å²) in [4.78, 5) is 4.29. The summed E-state index contributed by atoms with van der Waals surface area (Å²) in [6, 6.07) is 19.7. The van der Waals surface area contributed by atoms with Gasteiger partial charge in [-0.15, -0.1) is 0 Å². The van der Waals surface area contributed by atoms with E-state index in [-0.39, 0.29) is 0 Å². The number of piperazine rings is 1. The van der Waals surface area contributed by atoms with Crippen LogP contribution in [0.1, 0.15) is 5.56 Å². The molecule has 3 nitrogen and oxygen atoms in total. The van der Waals surface area contributed by atoms with Crippen LogP contribution in [-0.4, -0.2) is 55.4 Å². The van der Waals surface area contributed by atoms with Crippen LogP contribution in [0.15, 0.2) is 60.7 Å². The summed E-state index contributed by atoms with van der Waals surface area (Å²) in [5.41, 5.74) is 1.06. The third-order valence-corrected chi connectivity index (χ3v) is 4.47. The van der Waals surface area contributed by atoms with Crippen molar-refractivity contribution in [3.63, 3.8) is 0 Å². The number of hydrogen-bond donors (Lipinski definition) is 0. The topological polar surface area (TPSA) is 15.7 Å². The van der Waals surface area contributed by atoms with Crippen molar-refractivity contribution >= 4 is 0 Å². The number of alkyl halides is 1. The molecule has 0 radical (unpaired) electrons. The van der Waals surface area contributed by atoms with Crippen molar-refractivity contribution in [3.8, 4) is 5.75 Å². The van der Waals surface area contributed by atoms with E-state index in [1.165, 1.54) is 0 Å². The molecule has 4 heteroatoms. The molecule has 2 aromatic carbocycles. The first-order valence-corrected chi connectivity index (χ1v) is 8.63. The van der Waals surface area contributed by atoms with Gasteiger partial charge in [0.1, 0.15) is 12.4 Å². The van der Waals surface area contributed by atoms with Gasteiger partial charge in [0.15, 0.2) is 6.30 Å². The molecular weight excluding hydrogens is 303 g/mol. The number of nitrogens with zero attached hydrogens (tertiary/aromatic N) is 2. The molecule has 1 unspecified atom stereocenters. The van der Waals surface area contributed by atoms with Crippen molar-refractivity contribution in [1.29, 1.82) is 0 Å². The van der Waals surface area contributed by atoms with Crippen molar-refractivity contribution in [2.45, 2.75) is 12.7 Å². The van der Waals surface area contributed by atoms with Gasteiger partial charge in [-0.2, -0.15) is 0 Å². The SMILES string of the molecule is FC(Cc1ccccc1)N1CCN(CCOc2ccccc2)CC1. The molecule has 24 heavy (non-hydrogen) atoms. The van der Waals surface area contributed by atoms with E-state index < -0.39 is 6.30 Å². The van der Waals surface area contributed by atoms with Crippen molar-refractivity contribution in [1.82, 2.24) is 9.80 Å². The Kier molecular flexibility index (Phi) is 6.21. The molecule has 0 spiro atoms. The lowest BCUT2D eigenvalue weighted by molar-refractivity contribution is 0.0287. The zero-order valence-corrected chi connectivity index (χ0v) is 14.0. The van der Waals surface area contributed by atoms with Crippen LogP contribution in [0.25, 0.3) is 0 Å². The fourth-order valence-corrected chi connectivity index (χ4v) is 3.01. The molecule has 1 aliphatic rings. The van der Waals surface area contributed by atoms with Crippen LogP contribution in [0.2, 0.25) is 0 Å². The highest BCUT2D eigenvalue weighted by atomic mass is 19.1. The van der Waals surface area contributed by atoms with E-state index in [4.69, 9.17) is 4.74 Å². The molecule has 0 bridgehead atoms. The van der Waals surface area contributed by atoms with Crippen molar-refractivity contribution in [2.24, 2.45) is 0 Å². The predicted molar refractivity (Wildman–Crippen MR) is 95.0 cm³/mol. The summed E-state index contributed by atoms with van der Waals surface area (Å²) in [6.07, 6.45) is -0.423. The largest absolute Gasteiger partial charge is 0.492 e. The zero-order chi connectivity index (χ0) is 16.6. The number of halogens is 1. The maximum atomic E-state index is 14.5. The van der Waals surface area contributed by atoms with Gasteiger partial charge < -0.3 is 4.74 Å². The minimum absolute atomic E-state index is 0.470. The van der Waals surface area contributed by atoms with E-state index in [0.29, 0.717) is 13.0 Å². The quantitative estimate of drug-likeness (QED) is 0.726. The lowest BCUT2D eigenvalue weighted by Crippen LogP contribution is -2.50. The Morgan fingerprint density at radius 3 is 2.17 bits per heavy atom. The Morgan fingerprint density at radius 1 is 0.875 bits per heavy atom. The first-order chi connectivity index (χ1) is 11.8. The molecule has 0 amide bonds. The van der Waals surface area contributed by atoms with E-state index in [2.05, 4.69) is 4.90 Å². The summed E-state index contributed by atoms with van der Waals surface area (Å²) in [5, 5.41) is 0. The second-order valence-corrected chi connectivity index (χ2v) is 6.16.